The first kappa shape index (κ1) is 25.0. The van der Waals surface area contributed by atoms with Crippen LogP contribution in [0.15, 0.2) is 23.8 Å². The summed E-state index contributed by atoms with van der Waals surface area (Å²) >= 11 is 0. The molecule has 172 valence electrons. The average Bonchev–Trinajstić information content (AvgIpc) is 2.70. The summed E-state index contributed by atoms with van der Waals surface area (Å²) < 4.78 is 5.37. The highest BCUT2D eigenvalue weighted by Gasteiger charge is 2.31. The van der Waals surface area contributed by atoms with Crippen LogP contribution in [0.1, 0.15) is 106 Å². The van der Waals surface area contributed by atoms with Crippen LogP contribution in [-0.4, -0.2) is 28.8 Å². The summed E-state index contributed by atoms with van der Waals surface area (Å²) in [5.74, 6) is 0.129. The van der Waals surface area contributed by atoms with Crippen molar-refractivity contribution in [2.45, 2.75) is 85.0 Å². The summed E-state index contributed by atoms with van der Waals surface area (Å²) in [7, 11) is 0. The van der Waals surface area contributed by atoms with Crippen molar-refractivity contribution in [2.75, 3.05) is 6.61 Å². The Labute approximate surface area is 186 Å². The number of ether oxygens (including phenoxy) is 1. The van der Waals surface area contributed by atoms with Gasteiger partial charge in [0.1, 0.15) is 5.75 Å². The van der Waals surface area contributed by atoms with Crippen molar-refractivity contribution in [3.63, 3.8) is 0 Å². The summed E-state index contributed by atoms with van der Waals surface area (Å²) in [5.41, 5.74) is 3.20. The molecule has 0 unspecified atom stereocenters. The molecule has 0 aliphatic heterocycles. The van der Waals surface area contributed by atoms with Crippen molar-refractivity contribution in [1.29, 1.82) is 0 Å². The number of phenolic OH excluding ortho intramolecular Hbond substituents is 1. The first-order valence-corrected chi connectivity index (χ1v) is 11.5. The predicted molar refractivity (Wildman–Crippen MR) is 123 cm³/mol. The van der Waals surface area contributed by atoms with Crippen LogP contribution in [0.4, 0.5) is 0 Å². The Hall–Kier alpha value is -2.30. The highest BCUT2D eigenvalue weighted by molar-refractivity contribution is 5.88. The number of allylic oxidation sites excluding steroid dienone is 1. The predicted octanol–water partition coefficient (Wildman–Crippen LogP) is 6.41. The van der Waals surface area contributed by atoms with E-state index >= 15 is 0 Å². The number of rotatable bonds is 10. The second-order valence-electron chi connectivity index (χ2n) is 9.57. The van der Waals surface area contributed by atoms with Gasteiger partial charge >= 0.3 is 11.9 Å². The second-order valence-corrected chi connectivity index (χ2v) is 9.57. The molecule has 0 radical (unpaired) electrons. The lowest BCUT2D eigenvalue weighted by Crippen LogP contribution is -2.20. The lowest BCUT2D eigenvalue weighted by Gasteiger charge is -2.34. The van der Waals surface area contributed by atoms with Crippen molar-refractivity contribution in [3.8, 4) is 5.75 Å². The minimum atomic E-state index is -1.00. The largest absolute Gasteiger partial charge is 0.508 e. The summed E-state index contributed by atoms with van der Waals surface area (Å²) in [6.45, 7) is 10.8. The minimum Gasteiger partial charge on any atom is -0.508 e. The fourth-order valence-electron chi connectivity index (χ4n) is 4.60. The molecule has 1 aromatic rings. The highest BCUT2D eigenvalue weighted by atomic mass is 16.5. The van der Waals surface area contributed by atoms with E-state index in [2.05, 4.69) is 20.8 Å². The maximum absolute atomic E-state index is 11.8. The van der Waals surface area contributed by atoms with Crippen LogP contribution in [0.5, 0.6) is 5.75 Å². The molecule has 2 N–H and O–H groups in total. The number of phenols is 1. The van der Waals surface area contributed by atoms with Gasteiger partial charge < -0.3 is 14.9 Å². The smallest absolute Gasteiger partial charge is 0.335 e. The third-order valence-electron chi connectivity index (χ3n) is 6.49. The quantitative estimate of drug-likeness (QED) is 0.331. The molecule has 0 saturated carbocycles. The van der Waals surface area contributed by atoms with Gasteiger partial charge in [-0.1, -0.05) is 45.3 Å². The molecular weight excluding hydrogens is 392 g/mol. The van der Waals surface area contributed by atoms with Gasteiger partial charge in [-0.05, 0) is 74.5 Å². The van der Waals surface area contributed by atoms with Crippen LogP contribution >= 0.6 is 0 Å². The summed E-state index contributed by atoms with van der Waals surface area (Å²) in [6.07, 6.45) is 7.25. The average molecular weight is 431 g/mol. The van der Waals surface area contributed by atoms with Crippen molar-refractivity contribution in [2.24, 2.45) is 11.8 Å². The molecule has 1 aliphatic rings. The minimum absolute atomic E-state index is 0.114. The summed E-state index contributed by atoms with van der Waals surface area (Å²) in [5, 5.41) is 19.9. The third-order valence-corrected chi connectivity index (χ3v) is 6.49. The Bertz CT molecular complexity index is 806. The van der Waals surface area contributed by atoms with E-state index in [1.54, 1.807) is 6.07 Å². The van der Waals surface area contributed by atoms with E-state index in [4.69, 9.17) is 4.74 Å². The third kappa shape index (κ3) is 7.12. The Morgan fingerprint density at radius 3 is 2.55 bits per heavy atom. The van der Waals surface area contributed by atoms with E-state index in [0.717, 1.165) is 48.8 Å². The molecule has 0 fully saturated rings. The Balaban J connectivity index is 1.91. The van der Waals surface area contributed by atoms with Gasteiger partial charge in [0.25, 0.3) is 0 Å². The van der Waals surface area contributed by atoms with E-state index in [9.17, 15) is 19.8 Å². The normalized spacial score (nSPS) is 19.8. The summed E-state index contributed by atoms with van der Waals surface area (Å²) in [6, 6.07) is 3.15. The SMILES string of the molecule is CC(C)=CCC(=O)OC[C@H](C)CCC[C@H](C)[C@@H]1CC[C@@H](C)c2c(O)cc(C(=O)O)cc21. The van der Waals surface area contributed by atoms with Gasteiger partial charge in [0, 0.05) is 5.56 Å². The zero-order valence-electron chi connectivity index (χ0n) is 19.6. The van der Waals surface area contributed by atoms with E-state index < -0.39 is 5.97 Å². The van der Waals surface area contributed by atoms with Gasteiger partial charge in [0.15, 0.2) is 0 Å². The van der Waals surface area contributed by atoms with Crippen LogP contribution in [-0.2, 0) is 9.53 Å². The number of carbonyl (C=O) groups excluding carboxylic acids is 1. The zero-order valence-corrected chi connectivity index (χ0v) is 19.6. The Kier molecular flexibility index (Phi) is 9.15. The number of aromatic carboxylic acids is 1. The van der Waals surface area contributed by atoms with E-state index in [1.807, 2.05) is 19.9 Å². The molecule has 0 amide bonds. The monoisotopic (exact) mass is 430 g/mol. The lowest BCUT2D eigenvalue weighted by molar-refractivity contribution is -0.143. The standard InChI is InChI=1S/C26H38O5/c1-16(2)9-12-24(28)31-15-17(3)7-6-8-18(4)21-11-10-19(5)25-22(21)13-20(26(29)30)14-23(25)27/h9,13-14,17-19,21,27H,6-8,10-12,15H2,1-5H3,(H,29,30)/t17-,18+,19-,21+/m1/s1. The first-order valence-electron chi connectivity index (χ1n) is 11.5. The van der Waals surface area contributed by atoms with Crippen molar-refractivity contribution in [3.05, 3.63) is 40.5 Å². The van der Waals surface area contributed by atoms with Gasteiger partial charge in [-0.3, -0.25) is 4.79 Å². The molecule has 0 heterocycles. The van der Waals surface area contributed by atoms with Gasteiger partial charge in [0.2, 0.25) is 0 Å². The fraction of sp³-hybridized carbons (Fsp3) is 0.615. The van der Waals surface area contributed by atoms with Gasteiger partial charge in [-0.2, -0.15) is 0 Å². The molecule has 2 rings (SSSR count). The number of esters is 1. The van der Waals surface area contributed by atoms with Crippen LogP contribution < -0.4 is 0 Å². The summed E-state index contributed by atoms with van der Waals surface area (Å²) in [4.78, 5) is 23.2. The molecule has 0 spiro atoms. The number of fused-ring (bicyclic) bond motifs is 1. The molecular formula is C26H38O5. The molecule has 31 heavy (non-hydrogen) atoms. The topological polar surface area (TPSA) is 83.8 Å². The van der Waals surface area contributed by atoms with Crippen molar-refractivity contribution in [1.82, 2.24) is 0 Å². The van der Waals surface area contributed by atoms with Crippen LogP contribution in [0, 0.1) is 11.8 Å². The lowest BCUT2D eigenvalue weighted by atomic mass is 9.70. The second kappa shape index (κ2) is 11.4. The number of carboxylic acids is 1. The molecule has 0 bridgehead atoms. The number of carboxylic acid groups (broad SMARTS) is 1. The van der Waals surface area contributed by atoms with Crippen LogP contribution in [0.2, 0.25) is 0 Å². The van der Waals surface area contributed by atoms with Gasteiger partial charge in [-0.15, -0.1) is 0 Å². The maximum Gasteiger partial charge on any atom is 0.335 e. The zero-order chi connectivity index (χ0) is 23.1. The first-order chi connectivity index (χ1) is 14.6. The fourth-order valence-corrected chi connectivity index (χ4v) is 4.60. The number of carbonyl (C=O) groups is 2. The molecule has 5 nitrogen and oxygen atoms in total. The Morgan fingerprint density at radius 2 is 1.90 bits per heavy atom. The van der Waals surface area contributed by atoms with Crippen molar-refractivity contribution < 1.29 is 24.5 Å². The molecule has 1 aromatic carbocycles. The number of aromatic hydroxyl groups is 1. The molecule has 0 aromatic heterocycles. The molecule has 1 aliphatic carbocycles. The number of benzene rings is 1. The number of hydrogen-bond donors (Lipinski definition) is 2. The van der Waals surface area contributed by atoms with Crippen LogP contribution in [0.3, 0.4) is 0 Å². The van der Waals surface area contributed by atoms with Crippen molar-refractivity contribution >= 4 is 11.9 Å². The highest BCUT2D eigenvalue weighted by Crippen LogP contribution is 2.47. The van der Waals surface area contributed by atoms with Gasteiger partial charge in [-0.25, -0.2) is 4.79 Å². The number of hydrogen-bond acceptors (Lipinski definition) is 4. The Morgan fingerprint density at radius 1 is 1.19 bits per heavy atom. The van der Waals surface area contributed by atoms with E-state index in [-0.39, 0.29) is 29.1 Å². The van der Waals surface area contributed by atoms with E-state index in [1.165, 1.54) is 6.07 Å². The maximum atomic E-state index is 11.8. The molecule has 4 atom stereocenters. The van der Waals surface area contributed by atoms with E-state index in [0.29, 0.717) is 24.9 Å². The van der Waals surface area contributed by atoms with Gasteiger partial charge in [0.05, 0.1) is 18.6 Å². The van der Waals surface area contributed by atoms with Crippen LogP contribution in [0.25, 0.3) is 0 Å². The molecule has 5 heteroatoms. The molecule has 0 saturated heterocycles.